The van der Waals surface area contributed by atoms with Crippen LogP contribution in [-0.4, -0.2) is 28.0 Å². The highest BCUT2D eigenvalue weighted by Gasteiger charge is 2.11. The summed E-state index contributed by atoms with van der Waals surface area (Å²) in [6, 6.07) is 13.4. The highest BCUT2D eigenvalue weighted by Crippen LogP contribution is 2.15. The molecule has 0 atom stereocenters. The van der Waals surface area contributed by atoms with Crippen LogP contribution in [0.25, 0.3) is 0 Å². The van der Waals surface area contributed by atoms with E-state index in [0.717, 1.165) is 6.42 Å². The second kappa shape index (κ2) is 7.94. The van der Waals surface area contributed by atoms with E-state index in [9.17, 15) is 13.2 Å². The zero-order valence-electron chi connectivity index (χ0n) is 13.6. The number of rotatable bonds is 7. The van der Waals surface area contributed by atoms with Gasteiger partial charge < -0.3 is 10.1 Å². The van der Waals surface area contributed by atoms with Gasteiger partial charge in [0.1, 0.15) is 5.75 Å². The van der Waals surface area contributed by atoms with Crippen molar-refractivity contribution in [2.45, 2.75) is 18.2 Å². The summed E-state index contributed by atoms with van der Waals surface area (Å²) in [5, 5.41) is 2.65. The topological polar surface area (TPSA) is 84.5 Å². The molecule has 0 bridgehead atoms. The molecule has 2 rings (SSSR count). The predicted molar refractivity (Wildman–Crippen MR) is 92.6 cm³/mol. The monoisotopic (exact) mass is 348 g/mol. The molecule has 1 amide bonds. The molecule has 7 heteroatoms. The molecule has 6 nitrogen and oxygen atoms in total. The minimum atomic E-state index is -3.48. The van der Waals surface area contributed by atoms with E-state index in [-0.39, 0.29) is 17.4 Å². The number of sulfonamides is 1. The number of hydrogen-bond donors (Lipinski definition) is 2. The highest BCUT2D eigenvalue weighted by molar-refractivity contribution is 7.89. The molecule has 0 heterocycles. The number of aryl methyl sites for hydroxylation is 1. The first kappa shape index (κ1) is 18.0. The van der Waals surface area contributed by atoms with E-state index < -0.39 is 10.0 Å². The molecule has 2 aromatic carbocycles. The molecule has 0 aliphatic rings. The van der Waals surface area contributed by atoms with E-state index in [2.05, 4.69) is 17.0 Å². The highest BCUT2D eigenvalue weighted by atomic mass is 32.2. The van der Waals surface area contributed by atoms with E-state index in [1.165, 1.54) is 36.9 Å². The SMILES string of the molecule is CCc1ccc(OCC(=O)Nc2ccc(S(=O)(=O)NC)cc2)cc1. The largest absolute Gasteiger partial charge is 0.484 e. The molecule has 24 heavy (non-hydrogen) atoms. The van der Waals surface area contributed by atoms with Gasteiger partial charge >= 0.3 is 0 Å². The third-order valence-electron chi connectivity index (χ3n) is 3.42. The van der Waals surface area contributed by atoms with Crippen LogP contribution >= 0.6 is 0 Å². The number of benzene rings is 2. The summed E-state index contributed by atoms with van der Waals surface area (Å²) in [6.07, 6.45) is 0.944. The van der Waals surface area contributed by atoms with Gasteiger partial charge in [0.05, 0.1) is 4.90 Å². The van der Waals surface area contributed by atoms with Gasteiger partial charge in [-0.2, -0.15) is 0 Å². The van der Waals surface area contributed by atoms with Crippen molar-refractivity contribution in [2.24, 2.45) is 0 Å². The van der Waals surface area contributed by atoms with Crippen LogP contribution in [0.3, 0.4) is 0 Å². The molecular formula is C17H20N2O4S. The van der Waals surface area contributed by atoms with Crippen LogP contribution in [0, 0.1) is 0 Å². The first-order valence-corrected chi connectivity index (χ1v) is 8.98. The van der Waals surface area contributed by atoms with Crippen LogP contribution in [0.2, 0.25) is 0 Å². The molecule has 0 aliphatic carbocycles. The van der Waals surface area contributed by atoms with Crippen LogP contribution in [0.4, 0.5) is 5.69 Å². The maximum absolute atomic E-state index is 11.9. The van der Waals surface area contributed by atoms with Gasteiger partial charge in [-0.25, -0.2) is 13.1 Å². The second-order valence-electron chi connectivity index (χ2n) is 5.07. The summed E-state index contributed by atoms with van der Waals surface area (Å²) in [5.74, 6) is 0.302. The van der Waals surface area contributed by atoms with Crippen molar-refractivity contribution in [1.29, 1.82) is 0 Å². The summed E-state index contributed by atoms with van der Waals surface area (Å²) in [5.41, 5.74) is 1.70. The number of carbonyl (C=O) groups excluding carboxylic acids is 1. The van der Waals surface area contributed by atoms with Crippen LogP contribution in [0.5, 0.6) is 5.75 Å². The van der Waals surface area contributed by atoms with Crippen molar-refractivity contribution in [1.82, 2.24) is 4.72 Å². The lowest BCUT2D eigenvalue weighted by Gasteiger charge is -2.09. The normalized spacial score (nSPS) is 11.1. The number of ether oxygens (including phenoxy) is 1. The standard InChI is InChI=1S/C17H20N2O4S/c1-3-13-4-8-15(9-5-13)23-12-17(20)19-14-6-10-16(11-7-14)24(21,22)18-2/h4-11,18H,3,12H2,1-2H3,(H,19,20). The van der Waals surface area contributed by atoms with Gasteiger partial charge in [0, 0.05) is 5.69 Å². The fourth-order valence-electron chi connectivity index (χ4n) is 2.00. The van der Waals surface area contributed by atoms with Crippen molar-refractivity contribution in [3.8, 4) is 5.75 Å². The molecule has 2 N–H and O–H groups in total. The van der Waals surface area contributed by atoms with E-state index >= 15 is 0 Å². The van der Waals surface area contributed by atoms with Crippen molar-refractivity contribution < 1.29 is 17.9 Å². The average molecular weight is 348 g/mol. The number of carbonyl (C=O) groups is 1. The molecule has 0 fully saturated rings. The van der Waals surface area contributed by atoms with Gasteiger partial charge in [-0.05, 0) is 55.4 Å². The van der Waals surface area contributed by atoms with Gasteiger partial charge in [-0.3, -0.25) is 4.79 Å². The van der Waals surface area contributed by atoms with E-state index in [1.807, 2.05) is 24.3 Å². The molecule has 0 aromatic heterocycles. The Bertz CT molecular complexity index is 784. The zero-order valence-corrected chi connectivity index (χ0v) is 14.4. The van der Waals surface area contributed by atoms with Gasteiger partial charge in [0.15, 0.2) is 6.61 Å². The zero-order chi connectivity index (χ0) is 17.6. The third-order valence-corrected chi connectivity index (χ3v) is 4.85. The maximum atomic E-state index is 11.9. The quantitative estimate of drug-likeness (QED) is 0.803. The Kier molecular flexibility index (Phi) is 5.94. The summed E-state index contributed by atoms with van der Waals surface area (Å²) < 4.78 is 30.9. The summed E-state index contributed by atoms with van der Waals surface area (Å²) in [6.45, 7) is 1.94. The minimum Gasteiger partial charge on any atom is -0.484 e. The first-order chi connectivity index (χ1) is 11.4. The molecule has 0 radical (unpaired) electrons. The molecule has 0 saturated carbocycles. The van der Waals surface area contributed by atoms with Crippen molar-refractivity contribution in [3.63, 3.8) is 0 Å². The number of nitrogens with one attached hydrogen (secondary N) is 2. The fourth-order valence-corrected chi connectivity index (χ4v) is 2.73. The lowest BCUT2D eigenvalue weighted by molar-refractivity contribution is -0.118. The third kappa shape index (κ3) is 4.81. The number of amides is 1. The Labute approximate surface area is 141 Å². The molecule has 2 aromatic rings. The minimum absolute atomic E-state index is 0.123. The van der Waals surface area contributed by atoms with Crippen LogP contribution in [0.1, 0.15) is 12.5 Å². The van der Waals surface area contributed by atoms with Gasteiger partial charge in [0.25, 0.3) is 5.91 Å². The van der Waals surface area contributed by atoms with Gasteiger partial charge in [-0.15, -0.1) is 0 Å². The predicted octanol–water partition coefficient (Wildman–Crippen LogP) is 2.17. The smallest absolute Gasteiger partial charge is 0.262 e. The van der Waals surface area contributed by atoms with Crippen LogP contribution in [-0.2, 0) is 21.2 Å². The lowest BCUT2D eigenvalue weighted by Crippen LogP contribution is -2.21. The summed E-state index contributed by atoms with van der Waals surface area (Å²) >= 11 is 0. The Morgan fingerprint density at radius 2 is 1.67 bits per heavy atom. The molecule has 0 saturated heterocycles. The van der Waals surface area contributed by atoms with Crippen LogP contribution in [0.15, 0.2) is 53.4 Å². The molecule has 128 valence electrons. The maximum Gasteiger partial charge on any atom is 0.262 e. The van der Waals surface area contributed by atoms with E-state index in [0.29, 0.717) is 11.4 Å². The average Bonchev–Trinajstić information content (AvgIpc) is 2.61. The Hall–Kier alpha value is -2.38. The number of anilines is 1. The van der Waals surface area contributed by atoms with E-state index in [1.54, 1.807) is 0 Å². The summed E-state index contributed by atoms with van der Waals surface area (Å²) in [4.78, 5) is 12.0. The lowest BCUT2D eigenvalue weighted by atomic mass is 10.2. The van der Waals surface area contributed by atoms with E-state index in [4.69, 9.17) is 4.74 Å². The molecular weight excluding hydrogens is 328 g/mol. The van der Waals surface area contributed by atoms with Gasteiger partial charge in [0.2, 0.25) is 10.0 Å². The Morgan fingerprint density at radius 1 is 1.04 bits per heavy atom. The molecule has 0 unspecified atom stereocenters. The molecule has 0 spiro atoms. The fraction of sp³-hybridized carbons (Fsp3) is 0.235. The van der Waals surface area contributed by atoms with Crippen molar-refractivity contribution >= 4 is 21.6 Å². The Morgan fingerprint density at radius 3 is 2.21 bits per heavy atom. The summed E-state index contributed by atoms with van der Waals surface area (Å²) in [7, 11) is -2.14. The van der Waals surface area contributed by atoms with Crippen molar-refractivity contribution in [2.75, 3.05) is 19.0 Å². The number of hydrogen-bond acceptors (Lipinski definition) is 4. The van der Waals surface area contributed by atoms with Crippen LogP contribution < -0.4 is 14.8 Å². The van der Waals surface area contributed by atoms with Crippen molar-refractivity contribution in [3.05, 3.63) is 54.1 Å². The second-order valence-corrected chi connectivity index (χ2v) is 6.95. The first-order valence-electron chi connectivity index (χ1n) is 7.50. The molecule has 0 aliphatic heterocycles. The van der Waals surface area contributed by atoms with Gasteiger partial charge in [-0.1, -0.05) is 19.1 Å². The Balaban J connectivity index is 1.90.